The molecule has 1 aromatic heterocycles. The van der Waals surface area contributed by atoms with Gasteiger partial charge in [0.05, 0.1) is 0 Å². The van der Waals surface area contributed by atoms with Gasteiger partial charge in [-0.05, 0) is 36.4 Å². The molecule has 1 heterocycles. The fourth-order valence-electron chi connectivity index (χ4n) is 2.69. The number of phenolic OH excluding ortho intramolecular Hbond substituents is 2. The van der Waals surface area contributed by atoms with Gasteiger partial charge in [0.15, 0.2) is 0 Å². The predicted octanol–water partition coefficient (Wildman–Crippen LogP) is 5.34. The Hall–Kier alpha value is -3.34. The number of hydrogen-bond donors (Lipinski definition) is 2. The van der Waals surface area contributed by atoms with Gasteiger partial charge in [-0.25, -0.2) is 9.98 Å². The average Bonchev–Trinajstić information content (AvgIpc) is 3.04. The standard InChI is InChI=1S/C22H16N2O3.Fe/c25-18-10-4-1-7-15(18)13-23-21-17-9-3-6-12-20(17)27-22(21)24-14-16-8-2-5-11-19(16)26;/h1-14,25-26H;/b23-13?,24-14+;. The van der Waals surface area contributed by atoms with E-state index < -0.39 is 0 Å². The summed E-state index contributed by atoms with van der Waals surface area (Å²) in [6.45, 7) is 0. The van der Waals surface area contributed by atoms with Crippen LogP contribution in [0.25, 0.3) is 11.0 Å². The van der Waals surface area contributed by atoms with Crippen LogP contribution in [0.15, 0.2) is 87.2 Å². The van der Waals surface area contributed by atoms with E-state index in [1.54, 1.807) is 42.6 Å². The molecule has 0 radical (unpaired) electrons. The first-order valence-electron chi connectivity index (χ1n) is 8.38. The van der Waals surface area contributed by atoms with Gasteiger partial charge < -0.3 is 14.6 Å². The number of furan rings is 1. The fraction of sp³-hybridized carbons (Fsp3) is 0. The van der Waals surface area contributed by atoms with Gasteiger partial charge in [-0.15, -0.1) is 0 Å². The maximum Gasteiger partial charge on any atom is 0.246 e. The van der Waals surface area contributed by atoms with Gasteiger partial charge >= 0.3 is 0 Å². The summed E-state index contributed by atoms with van der Waals surface area (Å²) in [6, 6.07) is 21.4. The molecule has 0 aliphatic carbocycles. The molecule has 0 spiro atoms. The molecule has 28 heavy (non-hydrogen) atoms. The van der Waals surface area contributed by atoms with Crippen LogP contribution in [0.4, 0.5) is 11.6 Å². The first-order valence-corrected chi connectivity index (χ1v) is 8.38. The number of benzene rings is 3. The molecule has 0 bridgehead atoms. The molecule has 0 unspecified atom stereocenters. The average molecular weight is 412 g/mol. The van der Waals surface area contributed by atoms with Crippen molar-refractivity contribution >= 4 is 35.0 Å². The summed E-state index contributed by atoms with van der Waals surface area (Å²) in [5.41, 5.74) is 2.39. The van der Waals surface area contributed by atoms with Crippen molar-refractivity contribution in [3.8, 4) is 11.5 Å². The van der Waals surface area contributed by atoms with E-state index in [1.165, 1.54) is 6.21 Å². The second kappa shape index (κ2) is 8.57. The number of nitrogens with zero attached hydrogens (tertiary/aromatic N) is 2. The summed E-state index contributed by atoms with van der Waals surface area (Å²) >= 11 is 0. The molecule has 5 nitrogen and oxygen atoms in total. The zero-order valence-electron chi connectivity index (χ0n) is 14.6. The van der Waals surface area contributed by atoms with E-state index in [2.05, 4.69) is 9.98 Å². The molecule has 3 aromatic carbocycles. The number of aliphatic imine (C=N–C) groups is 2. The van der Waals surface area contributed by atoms with Gasteiger partial charge in [0.2, 0.25) is 5.88 Å². The van der Waals surface area contributed by atoms with Crippen molar-refractivity contribution in [2.45, 2.75) is 0 Å². The van der Waals surface area contributed by atoms with Crippen molar-refractivity contribution in [2.24, 2.45) is 9.98 Å². The summed E-state index contributed by atoms with van der Waals surface area (Å²) in [6.07, 6.45) is 3.11. The molecule has 4 aromatic rings. The number of aromatic hydroxyl groups is 2. The van der Waals surface area contributed by atoms with Gasteiger partial charge in [0.25, 0.3) is 0 Å². The van der Waals surface area contributed by atoms with E-state index in [4.69, 9.17) is 4.42 Å². The van der Waals surface area contributed by atoms with Crippen LogP contribution in [0.5, 0.6) is 11.5 Å². The number of fused-ring (bicyclic) bond motifs is 1. The van der Waals surface area contributed by atoms with Crippen molar-refractivity contribution in [1.29, 1.82) is 0 Å². The van der Waals surface area contributed by atoms with Crippen molar-refractivity contribution in [1.82, 2.24) is 0 Å². The SMILES string of the molecule is Oc1ccccc1C=Nc1c(/N=C/c2ccccc2O)oc2ccccc12.[Fe]. The summed E-state index contributed by atoms with van der Waals surface area (Å²) in [5, 5.41) is 20.6. The third-order valence-electron chi connectivity index (χ3n) is 4.08. The van der Waals surface area contributed by atoms with Crippen LogP contribution in [0, 0.1) is 0 Å². The molecule has 0 saturated carbocycles. The van der Waals surface area contributed by atoms with Gasteiger partial charge in [0.1, 0.15) is 22.8 Å². The zero-order chi connectivity index (χ0) is 18.6. The van der Waals surface area contributed by atoms with Gasteiger partial charge in [0, 0.05) is 46.0 Å². The van der Waals surface area contributed by atoms with Crippen molar-refractivity contribution < 1.29 is 31.7 Å². The van der Waals surface area contributed by atoms with Crippen LogP contribution in [0.3, 0.4) is 0 Å². The molecule has 0 aliphatic heterocycles. The van der Waals surface area contributed by atoms with Crippen LogP contribution < -0.4 is 0 Å². The van der Waals surface area contributed by atoms with Crippen molar-refractivity contribution in [3.63, 3.8) is 0 Å². The molecule has 0 amide bonds. The van der Waals surface area contributed by atoms with Crippen molar-refractivity contribution in [3.05, 3.63) is 83.9 Å². The summed E-state index contributed by atoms with van der Waals surface area (Å²) in [7, 11) is 0. The van der Waals surface area contributed by atoms with Crippen LogP contribution >= 0.6 is 0 Å². The maximum atomic E-state index is 9.93. The van der Waals surface area contributed by atoms with E-state index >= 15 is 0 Å². The first-order chi connectivity index (χ1) is 13.2. The van der Waals surface area contributed by atoms with Crippen LogP contribution in [0.1, 0.15) is 11.1 Å². The molecule has 140 valence electrons. The minimum atomic E-state index is 0. The summed E-state index contributed by atoms with van der Waals surface area (Å²) in [4.78, 5) is 8.89. The number of phenols is 2. The smallest absolute Gasteiger partial charge is 0.246 e. The molecule has 4 rings (SSSR count). The minimum absolute atomic E-state index is 0. The van der Waals surface area contributed by atoms with E-state index in [9.17, 15) is 10.2 Å². The molecule has 0 fully saturated rings. The molecular formula is C22H16FeN2O3. The third kappa shape index (κ3) is 3.98. The Balaban J connectivity index is 0.00000225. The van der Waals surface area contributed by atoms with Gasteiger partial charge in [-0.1, -0.05) is 36.4 Å². The number of rotatable bonds is 4. The van der Waals surface area contributed by atoms with E-state index in [-0.39, 0.29) is 28.6 Å². The third-order valence-corrected chi connectivity index (χ3v) is 4.08. The topological polar surface area (TPSA) is 78.3 Å². The van der Waals surface area contributed by atoms with Crippen LogP contribution in [0.2, 0.25) is 0 Å². The Kier molecular flexibility index (Phi) is 5.94. The quantitative estimate of drug-likeness (QED) is 0.351. The maximum absolute atomic E-state index is 9.93. The Morgan fingerprint density at radius 3 is 1.86 bits per heavy atom. The Morgan fingerprint density at radius 2 is 1.21 bits per heavy atom. The van der Waals surface area contributed by atoms with E-state index in [0.717, 1.165) is 5.39 Å². The normalized spacial score (nSPS) is 11.3. The molecule has 0 atom stereocenters. The Morgan fingerprint density at radius 1 is 0.679 bits per heavy atom. The molecule has 2 N–H and O–H groups in total. The molecule has 0 aliphatic rings. The Bertz CT molecular complexity index is 1170. The number of para-hydroxylation sites is 3. The monoisotopic (exact) mass is 412 g/mol. The Labute approximate surface area is 172 Å². The van der Waals surface area contributed by atoms with Crippen LogP contribution in [-0.2, 0) is 17.1 Å². The van der Waals surface area contributed by atoms with E-state index in [1.807, 2.05) is 36.4 Å². The summed E-state index contributed by atoms with van der Waals surface area (Å²) in [5.74, 6) is 0.607. The second-order valence-corrected chi connectivity index (χ2v) is 5.89. The van der Waals surface area contributed by atoms with Crippen LogP contribution in [-0.4, -0.2) is 22.6 Å². The van der Waals surface area contributed by atoms with Crippen molar-refractivity contribution in [2.75, 3.05) is 0 Å². The van der Waals surface area contributed by atoms with Gasteiger partial charge in [-0.3, -0.25) is 0 Å². The minimum Gasteiger partial charge on any atom is -0.507 e. The molecular weight excluding hydrogens is 396 g/mol. The predicted molar refractivity (Wildman–Crippen MR) is 107 cm³/mol. The fourth-order valence-corrected chi connectivity index (χ4v) is 2.69. The second-order valence-electron chi connectivity index (χ2n) is 5.89. The largest absolute Gasteiger partial charge is 0.507 e. The molecule has 6 heteroatoms. The zero-order valence-corrected chi connectivity index (χ0v) is 15.7. The van der Waals surface area contributed by atoms with Gasteiger partial charge in [-0.2, -0.15) is 0 Å². The first kappa shape index (κ1) is 19.4. The molecule has 0 saturated heterocycles. The number of hydrogen-bond acceptors (Lipinski definition) is 5. The van der Waals surface area contributed by atoms with E-state index in [0.29, 0.717) is 28.3 Å². The summed E-state index contributed by atoms with van der Waals surface area (Å²) < 4.78 is 5.82.